The number of carbonyl (C=O) groups is 2. The number of anilines is 2. The van der Waals surface area contributed by atoms with E-state index < -0.39 is 15.1 Å². The molecule has 0 saturated heterocycles. The zero-order valence-corrected chi connectivity index (χ0v) is 18.7. The number of sulfone groups is 1. The van der Waals surface area contributed by atoms with Gasteiger partial charge in [-0.3, -0.25) is 9.59 Å². The van der Waals surface area contributed by atoms with E-state index in [2.05, 4.69) is 5.32 Å². The normalized spacial score (nSPS) is 16.6. The van der Waals surface area contributed by atoms with Crippen molar-refractivity contribution in [3.63, 3.8) is 0 Å². The maximum absolute atomic E-state index is 13.1. The standard InChI is InChI=1S/C24H28N2O4S/c1-3-17-5-4-6-20(14-17)25-23(27)13-16(2)31(29,30)21-9-10-22-19(15-21)11-12-26(22)24(28)18-7-8-18/h4-6,9-10,14-16,18H,3,7-8,11-13H2,1-2H3,(H,25,27). The van der Waals surface area contributed by atoms with Crippen molar-refractivity contribution in [3.8, 4) is 0 Å². The number of carbonyl (C=O) groups excluding carboxylic acids is 2. The maximum atomic E-state index is 13.1. The third kappa shape index (κ3) is 4.51. The Morgan fingerprint density at radius 3 is 2.65 bits per heavy atom. The van der Waals surface area contributed by atoms with Crippen molar-refractivity contribution in [1.29, 1.82) is 0 Å². The average Bonchev–Trinajstić information content (AvgIpc) is 3.52. The fraction of sp³-hybridized carbons (Fsp3) is 0.417. The molecule has 0 spiro atoms. The van der Waals surface area contributed by atoms with Crippen molar-refractivity contribution in [2.75, 3.05) is 16.8 Å². The molecular formula is C24H28N2O4S. The minimum atomic E-state index is -3.67. The Labute approximate surface area is 183 Å². The van der Waals surface area contributed by atoms with Crippen molar-refractivity contribution in [3.05, 3.63) is 53.6 Å². The molecular weight excluding hydrogens is 412 g/mol. The first-order valence-corrected chi connectivity index (χ1v) is 12.4. The van der Waals surface area contributed by atoms with Crippen LogP contribution in [0.2, 0.25) is 0 Å². The molecule has 7 heteroatoms. The summed E-state index contributed by atoms with van der Waals surface area (Å²) in [6.45, 7) is 4.20. The first-order valence-electron chi connectivity index (χ1n) is 10.9. The van der Waals surface area contributed by atoms with Gasteiger partial charge in [0.2, 0.25) is 11.8 Å². The second kappa shape index (κ2) is 8.46. The molecule has 4 rings (SSSR count). The molecule has 6 nitrogen and oxygen atoms in total. The number of amides is 2. The second-order valence-corrected chi connectivity index (χ2v) is 10.8. The molecule has 1 aliphatic heterocycles. The number of nitrogens with zero attached hydrogens (tertiary/aromatic N) is 1. The van der Waals surface area contributed by atoms with Gasteiger partial charge in [0.15, 0.2) is 9.84 Å². The predicted molar refractivity (Wildman–Crippen MR) is 121 cm³/mol. The first-order chi connectivity index (χ1) is 14.8. The van der Waals surface area contributed by atoms with Crippen molar-refractivity contribution in [1.82, 2.24) is 0 Å². The van der Waals surface area contributed by atoms with E-state index in [1.807, 2.05) is 25.1 Å². The van der Waals surface area contributed by atoms with Gasteiger partial charge >= 0.3 is 0 Å². The number of hydrogen-bond donors (Lipinski definition) is 1. The minimum absolute atomic E-state index is 0.123. The highest BCUT2D eigenvalue weighted by molar-refractivity contribution is 7.92. The zero-order valence-electron chi connectivity index (χ0n) is 17.9. The lowest BCUT2D eigenvalue weighted by Gasteiger charge is -2.18. The van der Waals surface area contributed by atoms with Gasteiger partial charge in [-0.25, -0.2) is 8.42 Å². The smallest absolute Gasteiger partial charge is 0.230 e. The molecule has 1 saturated carbocycles. The van der Waals surface area contributed by atoms with Crippen LogP contribution in [0.25, 0.3) is 0 Å². The molecule has 0 radical (unpaired) electrons. The quantitative estimate of drug-likeness (QED) is 0.711. The summed E-state index contributed by atoms with van der Waals surface area (Å²) in [5, 5.41) is 1.94. The first kappa shape index (κ1) is 21.6. The molecule has 0 bridgehead atoms. The summed E-state index contributed by atoms with van der Waals surface area (Å²) in [6, 6.07) is 12.5. The Morgan fingerprint density at radius 2 is 1.94 bits per heavy atom. The summed E-state index contributed by atoms with van der Waals surface area (Å²) >= 11 is 0. The van der Waals surface area contributed by atoms with Gasteiger partial charge in [0, 0.05) is 30.3 Å². The number of rotatable bonds is 7. The van der Waals surface area contributed by atoms with Crippen LogP contribution < -0.4 is 10.2 Å². The van der Waals surface area contributed by atoms with Crippen LogP contribution in [0.4, 0.5) is 11.4 Å². The summed E-state index contributed by atoms with van der Waals surface area (Å²) in [4.78, 5) is 26.9. The van der Waals surface area contributed by atoms with Crippen LogP contribution in [0.3, 0.4) is 0 Å². The number of nitrogens with one attached hydrogen (secondary N) is 1. The van der Waals surface area contributed by atoms with E-state index in [-0.39, 0.29) is 29.0 Å². The van der Waals surface area contributed by atoms with Crippen molar-refractivity contribution in [2.24, 2.45) is 5.92 Å². The van der Waals surface area contributed by atoms with Crippen LogP contribution in [-0.4, -0.2) is 32.0 Å². The Morgan fingerprint density at radius 1 is 1.16 bits per heavy atom. The Balaban J connectivity index is 1.45. The molecule has 1 heterocycles. The topological polar surface area (TPSA) is 83.6 Å². The average molecular weight is 441 g/mol. The van der Waals surface area contributed by atoms with Crippen LogP contribution in [0.5, 0.6) is 0 Å². The Bertz CT molecular complexity index is 1120. The summed E-state index contributed by atoms with van der Waals surface area (Å²) in [5.41, 5.74) is 3.47. The van der Waals surface area contributed by atoms with E-state index in [0.717, 1.165) is 36.1 Å². The summed E-state index contributed by atoms with van der Waals surface area (Å²) in [5.74, 6) is -0.0517. The fourth-order valence-electron chi connectivity index (χ4n) is 4.02. The maximum Gasteiger partial charge on any atom is 0.230 e. The lowest BCUT2D eigenvalue weighted by atomic mass is 10.1. The van der Waals surface area contributed by atoms with Crippen molar-refractivity contribution >= 4 is 33.0 Å². The second-order valence-electron chi connectivity index (χ2n) is 8.47. The number of fused-ring (bicyclic) bond motifs is 1. The van der Waals surface area contributed by atoms with Gasteiger partial charge in [0.25, 0.3) is 0 Å². The van der Waals surface area contributed by atoms with Gasteiger partial charge < -0.3 is 10.2 Å². The molecule has 1 unspecified atom stereocenters. The number of benzene rings is 2. The number of hydrogen-bond acceptors (Lipinski definition) is 4. The SMILES string of the molecule is CCc1cccc(NC(=O)CC(C)S(=O)(=O)c2ccc3c(c2)CCN3C(=O)C2CC2)c1. The highest BCUT2D eigenvalue weighted by Crippen LogP contribution is 2.37. The molecule has 31 heavy (non-hydrogen) atoms. The minimum Gasteiger partial charge on any atom is -0.326 e. The number of aryl methyl sites for hydroxylation is 1. The molecule has 164 valence electrons. The van der Waals surface area contributed by atoms with Gasteiger partial charge in [-0.15, -0.1) is 0 Å². The largest absolute Gasteiger partial charge is 0.326 e. The van der Waals surface area contributed by atoms with E-state index in [4.69, 9.17) is 0 Å². The molecule has 1 atom stereocenters. The Hall–Kier alpha value is -2.67. The lowest BCUT2D eigenvalue weighted by Crippen LogP contribution is -2.30. The summed E-state index contributed by atoms with van der Waals surface area (Å²) < 4.78 is 26.2. The molecule has 2 aromatic rings. The summed E-state index contributed by atoms with van der Waals surface area (Å²) in [6.07, 6.45) is 3.28. The van der Waals surface area contributed by atoms with E-state index >= 15 is 0 Å². The van der Waals surface area contributed by atoms with Crippen LogP contribution in [-0.2, 0) is 32.3 Å². The van der Waals surface area contributed by atoms with Crippen LogP contribution in [0, 0.1) is 5.92 Å². The van der Waals surface area contributed by atoms with Gasteiger partial charge in [-0.05, 0) is 74.1 Å². The molecule has 2 amide bonds. The van der Waals surface area contributed by atoms with Gasteiger partial charge in [0.05, 0.1) is 10.1 Å². The highest BCUT2D eigenvalue weighted by atomic mass is 32.2. The van der Waals surface area contributed by atoms with E-state index in [0.29, 0.717) is 18.7 Å². The molecule has 1 N–H and O–H groups in total. The van der Waals surface area contributed by atoms with Crippen molar-refractivity contribution in [2.45, 2.75) is 56.1 Å². The monoisotopic (exact) mass is 440 g/mol. The molecule has 0 aromatic heterocycles. The van der Waals surface area contributed by atoms with E-state index in [1.165, 1.54) is 0 Å². The molecule has 1 aliphatic carbocycles. The zero-order chi connectivity index (χ0) is 22.2. The van der Waals surface area contributed by atoms with Crippen LogP contribution in [0.15, 0.2) is 47.4 Å². The third-order valence-electron chi connectivity index (χ3n) is 6.09. The lowest BCUT2D eigenvalue weighted by molar-refractivity contribution is -0.119. The van der Waals surface area contributed by atoms with Gasteiger partial charge in [-0.1, -0.05) is 19.1 Å². The molecule has 2 aromatic carbocycles. The molecule has 2 aliphatic rings. The van der Waals surface area contributed by atoms with Gasteiger partial charge in [-0.2, -0.15) is 0 Å². The van der Waals surface area contributed by atoms with E-state index in [9.17, 15) is 18.0 Å². The highest BCUT2D eigenvalue weighted by Gasteiger charge is 2.37. The van der Waals surface area contributed by atoms with Gasteiger partial charge in [0.1, 0.15) is 0 Å². The van der Waals surface area contributed by atoms with Crippen LogP contribution >= 0.6 is 0 Å². The third-order valence-corrected chi connectivity index (χ3v) is 8.23. The van der Waals surface area contributed by atoms with Crippen molar-refractivity contribution < 1.29 is 18.0 Å². The predicted octanol–water partition coefficient (Wildman–Crippen LogP) is 3.74. The Kier molecular flexibility index (Phi) is 5.88. The molecule has 1 fully saturated rings. The van der Waals surface area contributed by atoms with E-state index in [1.54, 1.807) is 36.1 Å². The summed E-state index contributed by atoms with van der Waals surface area (Å²) in [7, 11) is -3.67. The fourth-order valence-corrected chi connectivity index (χ4v) is 5.42. The van der Waals surface area contributed by atoms with Crippen LogP contribution in [0.1, 0.15) is 44.2 Å².